The number of pyridine rings is 1. The fourth-order valence-corrected chi connectivity index (χ4v) is 2.54. The Labute approximate surface area is 114 Å². The van der Waals surface area contributed by atoms with Crippen molar-refractivity contribution in [3.8, 4) is 11.1 Å². The Morgan fingerprint density at radius 3 is 2.16 bits per heavy atom. The maximum atomic E-state index is 5.70. The highest BCUT2D eigenvalue weighted by Crippen LogP contribution is 2.23. The molecular formula is C16H19N3. The van der Waals surface area contributed by atoms with Crippen molar-refractivity contribution in [3.63, 3.8) is 0 Å². The number of anilines is 2. The molecule has 3 heteroatoms. The first kappa shape index (κ1) is 12.0. The second-order valence-electron chi connectivity index (χ2n) is 5.07. The van der Waals surface area contributed by atoms with E-state index in [2.05, 4.69) is 22.0 Å². The third-order valence-electron chi connectivity index (χ3n) is 3.67. The first-order valence-electron chi connectivity index (χ1n) is 6.90. The molecule has 0 aliphatic carbocycles. The van der Waals surface area contributed by atoms with Crippen molar-refractivity contribution in [1.82, 2.24) is 4.98 Å². The van der Waals surface area contributed by atoms with Gasteiger partial charge in [0.2, 0.25) is 0 Å². The van der Waals surface area contributed by atoms with Gasteiger partial charge in [0.1, 0.15) is 5.82 Å². The summed E-state index contributed by atoms with van der Waals surface area (Å²) in [6.45, 7) is 2.27. The SMILES string of the molecule is Nc1ccc(-c2ccc(N3CCCCC3)nc2)cc1. The van der Waals surface area contributed by atoms with Crippen molar-refractivity contribution in [1.29, 1.82) is 0 Å². The summed E-state index contributed by atoms with van der Waals surface area (Å²) in [7, 11) is 0. The lowest BCUT2D eigenvalue weighted by molar-refractivity contribution is 0.573. The van der Waals surface area contributed by atoms with Crippen molar-refractivity contribution in [2.75, 3.05) is 23.7 Å². The van der Waals surface area contributed by atoms with Gasteiger partial charge in [-0.25, -0.2) is 4.98 Å². The summed E-state index contributed by atoms with van der Waals surface area (Å²) >= 11 is 0. The van der Waals surface area contributed by atoms with E-state index in [9.17, 15) is 0 Å². The molecule has 0 saturated carbocycles. The molecule has 0 spiro atoms. The van der Waals surface area contributed by atoms with E-state index in [1.54, 1.807) is 0 Å². The summed E-state index contributed by atoms with van der Waals surface area (Å²) in [6.07, 6.45) is 5.86. The lowest BCUT2D eigenvalue weighted by Gasteiger charge is -2.27. The maximum absolute atomic E-state index is 5.70. The van der Waals surface area contributed by atoms with Crippen LogP contribution in [0, 0.1) is 0 Å². The molecule has 1 aliphatic rings. The lowest BCUT2D eigenvalue weighted by Crippen LogP contribution is -2.29. The third-order valence-corrected chi connectivity index (χ3v) is 3.67. The minimum atomic E-state index is 0.793. The Morgan fingerprint density at radius 1 is 0.842 bits per heavy atom. The highest BCUT2D eigenvalue weighted by Gasteiger charge is 2.11. The van der Waals surface area contributed by atoms with Crippen LogP contribution in [0.1, 0.15) is 19.3 Å². The van der Waals surface area contributed by atoms with Crippen molar-refractivity contribution >= 4 is 11.5 Å². The molecule has 1 aromatic carbocycles. The topological polar surface area (TPSA) is 42.1 Å². The number of nitrogens with two attached hydrogens (primary N) is 1. The second kappa shape index (κ2) is 5.31. The zero-order chi connectivity index (χ0) is 13.1. The van der Waals surface area contributed by atoms with E-state index in [4.69, 9.17) is 5.73 Å². The van der Waals surface area contributed by atoms with Gasteiger partial charge in [-0.15, -0.1) is 0 Å². The van der Waals surface area contributed by atoms with Crippen LogP contribution in [0.5, 0.6) is 0 Å². The van der Waals surface area contributed by atoms with Crippen LogP contribution in [0.15, 0.2) is 42.6 Å². The molecule has 2 heterocycles. The number of benzene rings is 1. The van der Waals surface area contributed by atoms with Crippen LogP contribution in [0.25, 0.3) is 11.1 Å². The Balaban J connectivity index is 1.80. The molecule has 1 aromatic heterocycles. The molecule has 19 heavy (non-hydrogen) atoms. The maximum Gasteiger partial charge on any atom is 0.128 e. The molecule has 3 nitrogen and oxygen atoms in total. The highest BCUT2D eigenvalue weighted by molar-refractivity contribution is 5.65. The van der Waals surface area contributed by atoms with Crippen molar-refractivity contribution in [2.24, 2.45) is 0 Å². The molecule has 2 N–H and O–H groups in total. The quantitative estimate of drug-likeness (QED) is 0.835. The van der Waals surface area contributed by atoms with Crippen LogP contribution in [0.2, 0.25) is 0 Å². The first-order chi connectivity index (χ1) is 9.33. The average molecular weight is 253 g/mol. The minimum Gasteiger partial charge on any atom is -0.399 e. The summed E-state index contributed by atoms with van der Waals surface area (Å²) < 4.78 is 0. The lowest BCUT2D eigenvalue weighted by atomic mass is 10.1. The molecule has 0 atom stereocenters. The van der Waals surface area contributed by atoms with E-state index >= 15 is 0 Å². The summed E-state index contributed by atoms with van der Waals surface area (Å²) in [6, 6.07) is 12.2. The van der Waals surface area contributed by atoms with Gasteiger partial charge in [0.05, 0.1) is 0 Å². The number of hydrogen-bond acceptors (Lipinski definition) is 3. The van der Waals surface area contributed by atoms with Gasteiger partial charge in [-0.1, -0.05) is 12.1 Å². The molecule has 0 radical (unpaired) electrons. The van der Waals surface area contributed by atoms with Gasteiger partial charge in [-0.2, -0.15) is 0 Å². The number of piperidine rings is 1. The molecule has 98 valence electrons. The zero-order valence-electron chi connectivity index (χ0n) is 11.0. The average Bonchev–Trinajstić information content (AvgIpc) is 2.49. The normalized spacial score (nSPS) is 15.5. The molecule has 2 aromatic rings. The molecule has 0 bridgehead atoms. The van der Waals surface area contributed by atoms with Gasteiger partial charge in [0, 0.05) is 30.5 Å². The van der Waals surface area contributed by atoms with E-state index < -0.39 is 0 Å². The molecule has 3 rings (SSSR count). The summed E-state index contributed by atoms with van der Waals surface area (Å²) in [5.41, 5.74) is 8.80. The van der Waals surface area contributed by atoms with Crippen LogP contribution in [0.3, 0.4) is 0 Å². The number of aromatic nitrogens is 1. The summed E-state index contributed by atoms with van der Waals surface area (Å²) in [4.78, 5) is 6.97. The molecule has 1 fully saturated rings. The highest BCUT2D eigenvalue weighted by atomic mass is 15.2. The van der Waals surface area contributed by atoms with E-state index in [-0.39, 0.29) is 0 Å². The summed E-state index contributed by atoms with van der Waals surface area (Å²) in [5.74, 6) is 1.10. The summed E-state index contributed by atoms with van der Waals surface area (Å²) in [5, 5.41) is 0. The molecular weight excluding hydrogens is 234 g/mol. The number of nitrogens with zero attached hydrogens (tertiary/aromatic N) is 2. The fraction of sp³-hybridized carbons (Fsp3) is 0.312. The Bertz CT molecular complexity index is 525. The molecule has 1 aliphatic heterocycles. The number of nitrogen functional groups attached to an aromatic ring is 1. The predicted molar refractivity (Wildman–Crippen MR) is 80.1 cm³/mol. The Morgan fingerprint density at radius 2 is 1.53 bits per heavy atom. The fourth-order valence-electron chi connectivity index (χ4n) is 2.54. The minimum absolute atomic E-state index is 0.793. The van der Waals surface area contributed by atoms with Gasteiger partial charge in [0.25, 0.3) is 0 Å². The molecule has 0 unspecified atom stereocenters. The van der Waals surface area contributed by atoms with Gasteiger partial charge in [0.15, 0.2) is 0 Å². The van der Waals surface area contributed by atoms with E-state index in [0.717, 1.165) is 35.7 Å². The standard InChI is InChI=1S/C16H19N3/c17-15-7-4-13(5-8-15)14-6-9-16(18-12-14)19-10-2-1-3-11-19/h4-9,12H,1-3,10-11,17H2. The molecule has 1 saturated heterocycles. The van der Waals surface area contributed by atoms with Crippen molar-refractivity contribution in [3.05, 3.63) is 42.6 Å². The van der Waals surface area contributed by atoms with Crippen LogP contribution in [-0.2, 0) is 0 Å². The second-order valence-corrected chi connectivity index (χ2v) is 5.07. The largest absolute Gasteiger partial charge is 0.399 e. The Kier molecular flexibility index (Phi) is 3.36. The smallest absolute Gasteiger partial charge is 0.128 e. The van der Waals surface area contributed by atoms with Crippen LogP contribution in [0.4, 0.5) is 11.5 Å². The first-order valence-corrected chi connectivity index (χ1v) is 6.90. The van der Waals surface area contributed by atoms with E-state index in [0.29, 0.717) is 0 Å². The van der Waals surface area contributed by atoms with Crippen LogP contribution >= 0.6 is 0 Å². The van der Waals surface area contributed by atoms with Gasteiger partial charge < -0.3 is 10.6 Å². The molecule has 0 amide bonds. The van der Waals surface area contributed by atoms with Crippen LogP contribution in [-0.4, -0.2) is 18.1 Å². The van der Waals surface area contributed by atoms with Crippen molar-refractivity contribution < 1.29 is 0 Å². The van der Waals surface area contributed by atoms with E-state index in [1.807, 2.05) is 30.5 Å². The van der Waals surface area contributed by atoms with Gasteiger partial charge in [-0.05, 0) is 49.1 Å². The van der Waals surface area contributed by atoms with Gasteiger partial charge >= 0.3 is 0 Å². The van der Waals surface area contributed by atoms with Gasteiger partial charge in [-0.3, -0.25) is 0 Å². The predicted octanol–water partition coefficient (Wildman–Crippen LogP) is 3.32. The zero-order valence-corrected chi connectivity index (χ0v) is 11.0. The third kappa shape index (κ3) is 2.70. The van der Waals surface area contributed by atoms with Crippen molar-refractivity contribution in [2.45, 2.75) is 19.3 Å². The van der Waals surface area contributed by atoms with E-state index in [1.165, 1.54) is 19.3 Å². The number of hydrogen-bond donors (Lipinski definition) is 1. The number of rotatable bonds is 2. The Hall–Kier alpha value is -2.03. The van der Waals surface area contributed by atoms with Crippen LogP contribution < -0.4 is 10.6 Å². The monoisotopic (exact) mass is 253 g/mol.